The molecule has 19 heavy (non-hydrogen) atoms. The van der Waals surface area contributed by atoms with Gasteiger partial charge in [-0.05, 0) is 24.8 Å². The minimum Gasteiger partial charge on any atom is -0.492 e. The van der Waals surface area contributed by atoms with Crippen LogP contribution in [-0.4, -0.2) is 17.4 Å². The van der Waals surface area contributed by atoms with Crippen LogP contribution in [0, 0.1) is 5.92 Å². The number of ketones is 1. The van der Waals surface area contributed by atoms with Crippen LogP contribution in [0.25, 0.3) is 0 Å². The van der Waals surface area contributed by atoms with Crippen LogP contribution in [0.4, 0.5) is 0 Å². The molecule has 0 N–H and O–H groups in total. The fourth-order valence-electron chi connectivity index (χ4n) is 2.65. The number of pyridine rings is 1. The molecule has 0 aliphatic heterocycles. The van der Waals surface area contributed by atoms with Gasteiger partial charge in [-0.3, -0.25) is 9.78 Å². The Balaban J connectivity index is 1.86. The third kappa shape index (κ3) is 4.34. The number of nitrogens with zero attached hydrogens (tertiary/aromatic N) is 1. The van der Waals surface area contributed by atoms with Gasteiger partial charge < -0.3 is 4.74 Å². The van der Waals surface area contributed by atoms with Crippen LogP contribution < -0.4 is 4.74 Å². The van der Waals surface area contributed by atoms with Gasteiger partial charge in [0.05, 0.1) is 12.8 Å². The highest BCUT2D eigenvalue weighted by atomic mass is 16.5. The van der Waals surface area contributed by atoms with Crippen LogP contribution >= 0.6 is 0 Å². The molecule has 0 radical (unpaired) electrons. The van der Waals surface area contributed by atoms with Crippen molar-refractivity contribution in [2.75, 3.05) is 6.61 Å². The van der Waals surface area contributed by atoms with Gasteiger partial charge in [-0.15, -0.1) is 0 Å². The molecule has 0 amide bonds. The van der Waals surface area contributed by atoms with E-state index in [1.807, 2.05) is 6.07 Å². The van der Waals surface area contributed by atoms with Crippen molar-refractivity contribution in [1.82, 2.24) is 4.98 Å². The topological polar surface area (TPSA) is 39.2 Å². The second kappa shape index (κ2) is 7.27. The normalized spacial score (nSPS) is 15.6. The molecule has 1 saturated carbocycles. The van der Waals surface area contributed by atoms with Crippen molar-refractivity contribution in [2.45, 2.75) is 51.9 Å². The molecule has 3 nitrogen and oxygen atoms in total. The molecule has 1 aromatic heterocycles. The van der Waals surface area contributed by atoms with Crippen LogP contribution in [0.1, 0.15) is 62.2 Å². The zero-order valence-corrected chi connectivity index (χ0v) is 11.7. The first-order valence-electron chi connectivity index (χ1n) is 7.40. The fourth-order valence-corrected chi connectivity index (χ4v) is 2.65. The van der Waals surface area contributed by atoms with E-state index in [-0.39, 0.29) is 5.78 Å². The number of ether oxygens (including phenoxy) is 1. The van der Waals surface area contributed by atoms with Gasteiger partial charge in [0.1, 0.15) is 5.75 Å². The number of hydrogen-bond donors (Lipinski definition) is 0. The molecule has 0 aromatic carbocycles. The minimum atomic E-state index is 0.196. The quantitative estimate of drug-likeness (QED) is 0.696. The average molecular weight is 261 g/mol. The van der Waals surface area contributed by atoms with Gasteiger partial charge in [-0.25, -0.2) is 0 Å². The zero-order chi connectivity index (χ0) is 13.5. The fraction of sp³-hybridized carbons (Fsp3) is 0.625. The third-order valence-electron chi connectivity index (χ3n) is 3.76. The Morgan fingerprint density at radius 1 is 1.37 bits per heavy atom. The summed E-state index contributed by atoms with van der Waals surface area (Å²) in [6.45, 7) is 2.73. The monoisotopic (exact) mass is 261 g/mol. The second-order valence-electron chi connectivity index (χ2n) is 5.37. The Hall–Kier alpha value is -1.38. The summed E-state index contributed by atoms with van der Waals surface area (Å²) in [5.74, 6) is 1.66. The van der Waals surface area contributed by atoms with Crippen molar-refractivity contribution in [3.63, 3.8) is 0 Å². The van der Waals surface area contributed by atoms with Crippen molar-refractivity contribution in [1.29, 1.82) is 0 Å². The van der Waals surface area contributed by atoms with Crippen molar-refractivity contribution in [2.24, 2.45) is 5.92 Å². The molecular weight excluding hydrogens is 238 g/mol. The first kappa shape index (κ1) is 14.0. The molecule has 0 bridgehead atoms. The Morgan fingerprint density at radius 3 is 2.89 bits per heavy atom. The SMILES string of the molecule is CCCOc1cncc(C(=O)CCC2CCCC2)c1. The number of carbonyl (C=O) groups is 1. The average Bonchev–Trinajstić information content (AvgIpc) is 2.96. The van der Waals surface area contributed by atoms with Gasteiger partial charge in [0.25, 0.3) is 0 Å². The van der Waals surface area contributed by atoms with E-state index in [1.54, 1.807) is 12.4 Å². The van der Waals surface area contributed by atoms with Gasteiger partial charge in [-0.1, -0.05) is 32.6 Å². The first-order valence-corrected chi connectivity index (χ1v) is 7.40. The zero-order valence-electron chi connectivity index (χ0n) is 11.7. The lowest BCUT2D eigenvalue weighted by atomic mass is 9.98. The highest BCUT2D eigenvalue weighted by molar-refractivity contribution is 5.96. The summed E-state index contributed by atoms with van der Waals surface area (Å²) in [5, 5.41) is 0. The second-order valence-corrected chi connectivity index (χ2v) is 5.37. The van der Waals surface area contributed by atoms with Gasteiger partial charge in [0.2, 0.25) is 0 Å². The molecular formula is C16H23NO2. The summed E-state index contributed by atoms with van der Waals surface area (Å²) >= 11 is 0. The maximum atomic E-state index is 12.1. The van der Waals surface area contributed by atoms with E-state index in [9.17, 15) is 4.79 Å². The minimum absolute atomic E-state index is 0.196. The summed E-state index contributed by atoms with van der Waals surface area (Å²) in [6, 6.07) is 1.82. The van der Waals surface area contributed by atoms with Crippen molar-refractivity contribution in [3.8, 4) is 5.75 Å². The smallest absolute Gasteiger partial charge is 0.164 e. The molecule has 1 aliphatic carbocycles. The highest BCUT2D eigenvalue weighted by Crippen LogP contribution is 2.29. The Labute approximate surface area is 115 Å². The van der Waals surface area contributed by atoms with Crippen LogP contribution in [-0.2, 0) is 0 Å². The number of carbonyl (C=O) groups excluding carboxylic acids is 1. The predicted octanol–water partition coefficient (Wildman–Crippen LogP) is 4.02. The molecule has 1 aromatic rings. The lowest BCUT2D eigenvalue weighted by molar-refractivity contribution is 0.0973. The molecule has 0 saturated heterocycles. The molecule has 0 unspecified atom stereocenters. The third-order valence-corrected chi connectivity index (χ3v) is 3.76. The van der Waals surface area contributed by atoms with Crippen molar-refractivity contribution < 1.29 is 9.53 Å². The van der Waals surface area contributed by atoms with Gasteiger partial charge in [-0.2, -0.15) is 0 Å². The molecule has 1 heterocycles. The largest absolute Gasteiger partial charge is 0.492 e. The number of Topliss-reactive ketones (excluding diaryl/α,β-unsaturated/α-hetero) is 1. The molecule has 3 heteroatoms. The van der Waals surface area contributed by atoms with Crippen LogP contribution in [0.5, 0.6) is 5.75 Å². The Kier molecular flexibility index (Phi) is 5.37. The summed E-state index contributed by atoms with van der Waals surface area (Å²) in [4.78, 5) is 16.2. The molecule has 0 atom stereocenters. The summed E-state index contributed by atoms with van der Waals surface area (Å²) in [5.41, 5.74) is 0.687. The molecule has 1 aliphatic rings. The molecule has 1 fully saturated rings. The summed E-state index contributed by atoms with van der Waals surface area (Å²) in [6.07, 6.45) is 11.2. The van der Waals surface area contributed by atoms with Gasteiger partial charge >= 0.3 is 0 Å². The van der Waals surface area contributed by atoms with E-state index >= 15 is 0 Å². The predicted molar refractivity (Wildman–Crippen MR) is 75.5 cm³/mol. The number of rotatable bonds is 7. The molecule has 2 rings (SSSR count). The van der Waals surface area contributed by atoms with Crippen molar-refractivity contribution in [3.05, 3.63) is 24.0 Å². The van der Waals surface area contributed by atoms with E-state index < -0.39 is 0 Å². The summed E-state index contributed by atoms with van der Waals surface area (Å²) < 4.78 is 5.51. The lowest BCUT2D eigenvalue weighted by Gasteiger charge is -2.08. The first-order chi connectivity index (χ1) is 9.29. The van der Waals surface area contributed by atoms with E-state index in [0.29, 0.717) is 24.3 Å². The van der Waals surface area contributed by atoms with Gasteiger partial charge in [0.15, 0.2) is 5.78 Å². The molecule has 0 spiro atoms. The van der Waals surface area contributed by atoms with Crippen LogP contribution in [0.15, 0.2) is 18.5 Å². The Morgan fingerprint density at radius 2 is 2.16 bits per heavy atom. The van der Waals surface area contributed by atoms with E-state index in [4.69, 9.17) is 4.74 Å². The van der Waals surface area contributed by atoms with Gasteiger partial charge in [0, 0.05) is 18.2 Å². The number of aromatic nitrogens is 1. The highest BCUT2D eigenvalue weighted by Gasteiger charge is 2.17. The van der Waals surface area contributed by atoms with E-state index in [0.717, 1.165) is 18.8 Å². The number of hydrogen-bond acceptors (Lipinski definition) is 3. The summed E-state index contributed by atoms with van der Waals surface area (Å²) in [7, 11) is 0. The maximum absolute atomic E-state index is 12.1. The standard InChI is InChI=1S/C16H23NO2/c1-2-9-19-15-10-14(11-17-12-15)16(18)8-7-13-5-3-4-6-13/h10-13H,2-9H2,1H3. The lowest BCUT2D eigenvalue weighted by Crippen LogP contribution is -2.04. The molecule has 104 valence electrons. The van der Waals surface area contributed by atoms with E-state index in [2.05, 4.69) is 11.9 Å². The Bertz CT molecular complexity index is 411. The van der Waals surface area contributed by atoms with E-state index in [1.165, 1.54) is 25.7 Å². The van der Waals surface area contributed by atoms with Crippen LogP contribution in [0.2, 0.25) is 0 Å². The maximum Gasteiger partial charge on any atom is 0.164 e. The van der Waals surface area contributed by atoms with Crippen molar-refractivity contribution >= 4 is 5.78 Å². The van der Waals surface area contributed by atoms with Crippen LogP contribution in [0.3, 0.4) is 0 Å².